The maximum Gasteiger partial charge on any atom is 0.316 e. The summed E-state index contributed by atoms with van der Waals surface area (Å²) < 4.78 is 14.1. The summed E-state index contributed by atoms with van der Waals surface area (Å²) in [5, 5.41) is 7.15. The highest BCUT2D eigenvalue weighted by Crippen LogP contribution is 2.30. The molecular weight excluding hydrogens is 433 g/mol. The van der Waals surface area contributed by atoms with Gasteiger partial charge in [-0.1, -0.05) is 24.3 Å². The Kier molecular flexibility index (Phi) is 7.29. The van der Waals surface area contributed by atoms with Crippen LogP contribution in [0.3, 0.4) is 0 Å². The first-order valence-electron chi connectivity index (χ1n) is 9.45. The lowest BCUT2D eigenvalue weighted by atomic mass is 10.2. The molecule has 0 fully saturated rings. The molecule has 0 saturated heterocycles. The van der Waals surface area contributed by atoms with E-state index in [1.54, 1.807) is 35.7 Å². The predicted molar refractivity (Wildman–Crippen MR) is 122 cm³/mol. The zero-order chi connectivity index (χ0) is 23.1. The fourth-order valence-electron chi connectivity index (χ4n) is 2.75. The Hall–Kier alpha value is -4.05. The van der Waals surface area contributed by atoms with E-state index < -0.39 is 11.8 Å². The SMILES string of the molecule is CC(=O)N(c1nc(/C=C/C(=O)NCc2ccc(NC(N)=O)cc2)cs1)c1ccccc1F. The molecule has 0 aliphatic heterocycles. The average molecular weight is 453 g/mol. The Morgan fingerprint density at radius 2 is 1.88 bits per heavy atom. The van der Waals surface area contributed by atoms with E-state index in [2.05, 4.69) is 15.6 Å². The van der Waals surface area contributed by atoms with Crippen molar-refractivity contribution in [2.75, 3.05) is 10.2 Å². The summed E-state index contributed by atoms with van der Waals surface area (Å²) in [5.74, 6) is -1.25. The van der Waals surface area contributed by atoms with Gasteiger partial charge in [0.2, 0.25) is 11.8 Å². The Morgan fingerprint density at radius 3 is 2.53 bits per heavy atom. The van der Waals surface area contributed by atoms with Crippen LogP contribution in [-0.4, -0.2) is 22.8 Å². The number of benzene rings is 2. The van der Waals surface area contributed by atoms with Crippen molar-refractivity contribution in [1.82, 2.24) is 10.3 Å². The van der Waals surface area contributed by atoms with Gasteiger partial charge in [0, 0.05) is 30.6 Å². The van der Waals surface area contributed by atoms with Gasteiger partial charge >= 0.3 is 6.03 Å². The van der Waals surface area contributed by atoms with Gasteiger partial charge in [0.25, 0.3) is 0 Å². The zero-order valence-corrected chi connectivity index (χ0v) is 17.9. The number of primary amides is 1. The van der Waals surface area contributed by atoms with Gasteiger partial charge in [0.15, 0.2) is 5.13 Å². The molecule has 10 heteroatoms. The van der Waals surface area contributed by atoms with E-state index >= 15 is 0 Å². The van der Waals surface area contributed by atoms with Gasteiger partial charge in [-0.2, -0.15) is 0 Å². The van der Waals surface area contributed by atoms with E-state index in [0.717, 1.165) is 16.9 Å². The number of hydrogen-bond acceptors (Lipinski definition) is 5. The van der Waals surface area contributed by atoms with Crippen LogP contribution < -0.4 is 21.3 Å². The third-order valence-corrected chi connectivity index (χ3v) is 5.05. The molecule has 2 aromatic carbocycles. The first-order valence-corrected chi connectivity index (χ1v) is 10.3. The molecule has 1 aromatic heterocycles. The molecular formula is C22H20FN5O3S. The largest absolute Gasteiger partial charge is 0.351 e. The van der Waals surface area contributed by atoms with Gasteiger partial charge in [-0.15, -0.1) is 11.3 Å². The number of halogens is 1. The van der Waals surface area contributed by atoms with E-state index in [-0.39, 0.29) is 24.0 Å². The molecule has 3 rings (SSSR count). The van der Waals surface area contributed by atoms with E-state index in [1.165, 1.54) is 42.2 Å². The van der Waals surface area contributed by atoms with Gasteiger partial charge in [0.05, 0.1) is 11.4 Å². The number of anilines is 3. The van der Waals surface area contributed by atoms with Gasteiger partial charge in [0.1, 0.15) is 5.82 Å². The summed E-state index contributed by atoms with van der Waals surface area (Å²) in [6.45, 7) is 1.61. The smallest absolute Gasteiger partial charge is 0.316 e. The minimum atomic E-state index is -0.651. The molecule has 8 nitrogen and oxygen atoms in total. The lowest BCUT2D eigenvalue weighted by Crippen LogP contribution is -2.23. The quantitative estimate of drug-likeness (QED) is 0.472. The van der Waals surface area contributed by atoms with E-state index in [0.29, 0.717) is 16.5 Å². The molecule has 4 N–H and O–H groups in total. The lowest BCUT2D eigenvalue weighted by molar-refractivity contribution is -0.117. The lowest BCUT2D eigenvalue weighted by Gasteiger charge is -2.18. The number of nitrogens with one attached hydrogen (secondary N) is 2. The second-order valence-electron chi connectivity index (χ2n) is 6.60. The fraction of sp³-hybridized carbons (Fsp3) is 0.0909. The molecule has 0 aliphatic carbocycles. The van der Waals surface area contributed by atoms with Gasteiger partial charge in [-0.25, -0.2) is 14.2 Å². The second-order valence-corrected chi connectivity index (χ2v) is 7.43. The predicted octanol–water partition coefficient (Wildman–Crippen LogP) is 3.79. The first-order chi connectivity index (χ1) is 15.3. The van der Waals surface area contributed by atoms with Crippen LogP contribution in [0, 0.1) is 5.82 Å². The molecule has 0 bridgehead atoms. The highest BCUT2D eigenvalue weighted by atomic mass is 32.1. The van der Waals surface area contributed by atoms with Gasteiger partial charge in [-0.05, 0) is 35.9 Å². The van der Waals surface area contributed by atoms with Crippen LogP contribution in [0.25, 0.3) is 6.08 Å². The Labute approximate surface area is 187 Å². The third-order valence-electron chi connectivity index (χ3n) is 4.20. The molecule has 0 spiro atoms. The van der Waals surface area contributed by atoms with Crippen molar-refractivity contribution in [3.63, 3.8) is 0 Å². The van der Waals surface area contributed by atoms with Crippen LogP contribution in [0.2, 0.25) is 0 Å². The molecule has 32 heavy (non-hydrogen) atoms. The van der Waals surface area contributed by atoms with Crippen molar-refractivity contribution in [3.05, 3.63) is 77.1 Å². The van der Waals surface area contributed by atoms with Crippen molar-refractivity contribution in [2.24, 2.45) is 5.73 Å². The molecule has 3 aromatic rings. The van der Waals surface area contributed by atoms with E-state index in [9.17, 15) is 18.8 Å². The number of thiazole rings is 1. The molecule has 0 aliphatic rings. The summed E-state index contributed by atoms with van der Waals surface area (Å²) in [4.78, 5) is 40.5. The Morgan fingerprint density at radius 1 is 1.16 bits per heavy atom. The Bertz CT molecular complexity index is 1160. The topological polar surface area (TPSA) is 117 Å². The summed E-state index contributed by atoms with van der Waals surface area (Å²) in [5.41, 5.74) is 7.02. The molecule has 164 valence electrons. The molecule has 1 heterocycles. The van der Waals surface area contributed by atoms with Crippen molar-refractivity contribution in [2.45, 2.75) is 13.5 Å². The van der Waals surface area contributed by atoms with Crippen LogP contribution in [0.5, 0.6) is 0 Å². The number of carbonyl (C=O) groups excluding carboxylic acids is 3. The van der Waals surface area contributed by atoms with Crippen molar-refractivity contribution in [3.8, 4) is 0 Å². The normalized spacial score (nSPS) is 10.7. The number of carbonyl (C=O) groups is 3. The molecule has 0 atom stereocenters. The maximum atomic E-state index is 14.1. The second kappa shape index (κ2) is 10.3. The number of aromatic nitrogens is 1. The minimum absolute atomic E-state index is 0.111. The number of nitrogens with two attached hydrogens (primary N) is 1. The average Bonchev–Trinajstić information content (AvgIpc) is 3.21. The van der Waals surface area contributed by atoms with Crippen LogP contribution in [0.4, 0.5) is 25.7 Å². The molecule has 0 saturated carbocycles. The highest BCUT2D eigenvalue weighted by molar-refractivity contribution is 7.14. The van der Waals surface area contributed by atoms with Gasteiger partial charge < -0.3 is 16.4 Å². The highest BCUT2D eigenvalue weighted by Gasteiger charge is 2.20. The monoisotopic (exact) mass is 453 g/mol. The summed E-state index contributed by atoms with van der Waals surface area (Å²) in [6.07, 6.45) is 2.83. The van der Waals surface area contributed by atoms with Crippen LogP contribution in [0.1, 0.15) is 18.2 Å². The zero-order valence-electron chi connectivity index (χ0n) is 17.0. The first kappa shape index (κ1) is 22.6. The summed E-state index contributed by atoms with van der Waals surface area (Å²) in [7, 11) is 0. The standard InChI is InChI=1S/C22H20FN5O3S/c1-14(29)28(19-5-3-2-4-18(19)23)22-27-17(13-32-22)10-11-20(30)25-12-15-6-8-16(9-7-15)26-21(24)31/h2-11,13H,12H2,1H3,(H,25,30)(H3,24,26,31)/b11-10+. The van der Waals surface area contributed by atoms with Crippen LogP contribution in [0.15, 0.2) is 60.0 Å². The van der Waals surface area contributed by atoms with Gasteiger partial charge in [-0.3, -0.25) is 14.5 Å². The van der Waals surface area contributed by atoms with Crippen LogP contribution in [-0.2, 0) is 16.1 Å². The number of rotatable bonds is 7. The van der Waals surface area contributed by atoms with E-state index in [4.69, 9.17) is 5.73 Å². The maximum absolute atomic E-state index is 14.1. The fourth-order valence-corrected chi connectivity index (χ4v) is 3.60. The molecule has 0 unspecified atom stereocenters. The third kappa shape index (κ3) is 5.99. The van der Waals surface area contributed by atoms with Crippen molar-refractivity contribution < 1.29 is 18.8 Å². The number of urea groups is 1. The number of nitrogens with zero attached hydrogens (tertiary/aromatic N) is 2. The van der Waals surface area contributed by atoms with E-state index in [1.807, 2.05) is 0 Å². The van der Waals surface area contributed by atoms with Crippen molar-refractivity contribution in [1.29, 1.82) is 0 Å². The van der Waals surface area contributed by atoms with Crippen LogP contribution >= 0.6 is 11.3 Å². The molecule has 4 amide bonds. The number of amides is 4. The van der Waals surface area contributed by atoms with Crippen molar-refractivity contribution >= 4 is 51.8 Å². The number of hydrogen-bond donors (Lipinski definition) is 3. The Balaban J connectivity index is 1.61. The number of para-hydroxylation sites is 1. The summed E-state index contributed by atoms with van der Waals surface area (Å²) >= 11 is 1.16. The molecule has 0 radical (unpaired) electrons. The minimum Gasteiger partial charge on any atom is -0.351 e. The summed E-state index contributed by atoms with van der Waals surface area (Å²) in [6, 6.07) is 12.1.